The Bertz CT molecular complexity index is 513. The smallest absolute Gasteiger partial charge is 0.408 e. The molecule has 0 aliphatic rings. The maximum absolute atomic E-state index is 10.9. The summed E-state index contributed by atoms with van der Waals surface area (Å²) in [6, 6.07) is 7.17. The van der Waals surface area contributed by atoms with Gasteiger partial charge in [-0.05, 0) is 19.1 Å². The van der Waals surface area contributed by atoms with Gasteiger partial charge in [-0.3, -0.25) is 4.98 Å². The van der Waals surface area contributed by atoms with Gasteiger partial charge >= 0.3 is 5.76 Å². The molecule has 0 atom stereocenters. The SMILES string of the molecule is Cc1[nH]c(=O)oc1-c1cccc(Cl)c1. The van der Waals surface area contributed by atoms with E-state index in [2.05, 4.69) is 4.98 Å². The molecule has 72 valence electrons. The van der Waals surface area contributed by atoms with Gasteiger partial charge in [-0.25, -0.2) is 4.79 Å². The molecule has 4 heteroatoms. The van der Waals surface area contributed by atoms with Crippen LogP contribution in [0.1, 0.15) is 5.69 Å². The summed E-state index contributed by atoms with van der Waals surface area (Å²) in [4.78, 5) is 13.5. The first-order valence-corrected chi connectivity index (χ1v) is 4.50. The maximum atomic E-state index is 10.9. The van der Waals surface area contributed by atoms with Crippen molar-refractivity contribution in [2.24, 2.45) is 0 Å². The summed E-state index contributed by atoms with van der Waals surface area (Å²) in [6.45, 7) is 1.78. The van der Waals surface area contributed by atoms with Crippen molar-refractivity contribution in [2.75, 3.05) is 0 Å². The predicted octanol–water partition coefficient (Wildman–Crippen LogP) is 2.60. The molecular weight excluding hydrogens is 202 g/mol. The van der Waals surface area contributed by atoms with E-state index in [4.69, 9.17) is 16.0 Å². The number of hydrogen-bond donors (Lipinski definition) is 1. The minimum atomic E-state index is -0.447. The highest BCUT2D eigenvalue weighted by molar-refractivity contribution is 6.30. The second-order valence-electron chi connectivity index (χ2n) is 2.98. The van der Waals surface area contributed by atoms with Crippen LogP contribution in [-0.2, 0) is 0 Å². The Morgan fingerprint density at radius 1 is 1.43 bits per heavy atom. The fraction of sp³-hybridized carbons (Fsp3) is 0.100. The molecule has 0 bridgehead atoms. The van der Waals surface area contributed by atoms with Crippen molar-refractivity contribution in [3.05, 3.63) is 45.5 Å². The molecule has 14 heavy (non-hydrogen) atoms. The van der Waals surface area contributed by atoms with Crippen molar-refractivity contribution in [3.8, 4) is 11.3 Å². The second-order valence-corrected chi connectivity index (χ2v) is 3.42. The van der Waals surface area contributed by atoms with E-state index in [0.717, 1.165) is 5.56 Å². The van der Waals surface area contributed by atoms with Crippen LogP contribution in [0.15, 0.2) is 33.5 Å². The Morgan fingerprint density at radius 2 is 2.21 bits per heavy atom. The summed E-state index contributed by atoms with van der Waals surface area (Å²) in [6.07, 6.45) is 0. The van der Waals surface area contributed by atoms with Crippen LogP contribution in [0.3, 0.4) is 0 Å². The molecular formula is C10H8ClNO2. The summed E-state index contributed by atoms with van der Waals surface area (Å²) in [5.74, 6) is 0.0926. The van der Waals surface area contributed by atoms with Gasteiger partial charge in [-0.1, -0.05) is 23.7 Å². The van der Waals surface area contributed by atoms with Crippen LogP contribution in [0.5, 0.6) is 0 Å². The van der Waals surface area contributed by atoms with Gasteiger partial charge in [-0.15, -0.1) is 0 Å². The van der Waals surface area contributed by atoms with Crippen LogP contribution >= 0.6 is 11.6 Å². The molecule has 2 aromatic rings. The van der Waals surface area contributed by atoms with E-state index in [0.29, 0.717) is 16.5 Å². The van der Waals surface area contributed by atoms with Gasteiger partial charge in [0.1, 0.15) is 0 Å². The van der Waals surface area contributed by atoms with Crippen LogP contribution in [0.25, 0.3) is 11.3 Å². The van der Waals surface area contributed by atoms with Crippen molar-refractivity contribution >= 4 is 11.6 Å². The van der Waals surface area contributed by atoms with Crippen molar-refractivity contribution in [3.63, 3.8) is 0 Å². The van der Waals surface area contributed by atoms with E-state index >= 15 is 0 Å². The lowest BCUT2D eigenvalue weighted by molar-refractivity contribution is 0.528. The van der Waals surface area contributed by atoms with Gasteiger partial charge < -0.3 is 4.42 Å². The zero-order valence-corrected chi connectivity index (χ0v) is 8.26. The molecule has 0 spiro atoms. The number of H-pyrrole nitrogens is 1. The molecule has 0 aliphatic carbocycles. The third kappa shape index (κ3) is 1.59. The average molecular weight is 210 g/mol. The zero-order chi connectivity index (χ0) is 10.1. The van der Waals surface area contributed by atoms with Gasteiger partial charge in [0.25, 0.3) is 0 Å². The third-order valence-electron chi connectivity index (χ3n) is 1.91. The minimum absolute atomic E-state index is 0.447. The normalized spacial score (nSPS) is 10.4. The lowest BCUT2D eigenvalue weighted by Crippen LogP contribution is -1.94. The fourth-order valence-electron chi connectivity index (χ4n) is 1.31. The molecule has 0 unspecified atom stereocenters. The molecule has 1 heterocycles. The van der Waals surface area contributed by atoms with Gasteiger partial charge in [0.15, 0.2) is 5.76 Å². The van der Waals surface area contributed by atoms with E-state index in [1.54, 1.807) is 19.1 Å². The van der Waals surface area contributed by atoms with E-state index in [1.807, 2.05) is 12.1 Å². The monoisotopic (exact) mass is 209 g/mol. The molecule has 0 aliphatic heterocycles. The van der Waals surface area contributed by atoms with E-state index < -0.39 is 5.76 Å². The molecule has 0 saturated heterocycles. The van der Waals surface area contributed by atoms with Crippen molar-refractivity contribution in [1.29, 1.82) is 0 Å². The van der Waals surface area contributed by atoms with E-state index in [1.165, 1.54) is 0 Å². The Morgan fingerprint density at radius 3 is 2.79 bits per heavy atom. The highest BCUT2D eigenvalue weighted by Crippen LogP contribution is 2.23. The summed E-state index contributed by atoms with van der Waals surface area (Å²) >= 11 is 5.82. The summed E-state index contributed by atoms with van der Waals surface area (Å²) in [7, 11) is 0. The molecule has 2 rings (SSSR count). The lowest BCUT2D eigenvalue weighted by atomic mass is 10.1. The van der Waals surface area contributed by atoms with Crippen LogP contribution in [0.4, 0.5) is 0 Å². The highest BCUT2D eigenvalue weighted by atomic mass is 35.5. The summed E-state index contributed by atoms with van der Waals surface area (Å²) in [5, 5.41) is 0.616. The van der Waals surface area contributed by atoms with Crippen molar-refractivity contribution < 1.29 is 4.42 Å². The van der Waals surface area contributed by atoms with Gasteiger partial charge in [0.2, 0.25) is 0 Å². The molecule has 1 aromatic heterocycles. The van der Waals surface area contributed by atoms with Crippen LogP contribution < -0.4 is 5.76 Å². The molecule has 0 fully saturated rings. The number of halogens is 1. The fourth-order valence-corrected chi connectivity index (χ4v) is 1.50. The zero-order valence-electron chi connectivity index (χ0n) is 7.50. The third-order valence-corrected chi connectivity index (χ3v) is 2.15. The Kier molecular flexibility index (Phi) is 2.17. The standard InChI is InChI=1S/C10H8ClNO2/c1-6-9(14-10(13)12-6)7-3-2-4-8(11)5-7/h2-5H,1H3,(H,12,13). The highest BCUT2D eigenvalue weighted by Gasteiger charge is 2.08. The number of nitrogens with one attached hydrogen (secondary N) is 1. The topological polar surface area (TPSA) is 46.0 Å². The van der Waals surface area contributed by atoms with Crippen molar-refractivity contribution in [1.82, 2.24) is 4.98 Å². The Balaban J connectivity index is 2.59. The molecule has 3 nitrogen and oxygen atoms in total. The molecule has 0 saturated carbocycles. The first-order chi connectivity index (χ1) is 6.66. The number of oxazole rings is 1. The molecule has 1 N–H and O–H groups in total. The predicted molar refractivity (Wildman–Crippen MR) is 54.5 cm³/mol. The first kappa shape index (κ1) is 9.09. The van der Waals surface area contributed by atoms with E-state index in [-0.39, 0.29) is 0 Å². The van der Waals surface area contributed by atoms with Gasteiger partial charge in [0, 0.05) is 10.6 Å². The Labute approximate surface area is 85.3 Å². The number of aryl methyl sites for hydroxylation is 1. The summed E-state index contributed by atoms with van der Waals surface area (Å²) < 4.78 is 4.99. The number of hydrogen-bond acceptors (Lipinski definition) is 2. The first-order valence-electron chi connectivity index (χ1n) is 4.12. The quantitative estimate of drug-likeness (QED) is 0.785. The number of aromatic amines is 1. The number of benzene rings is 1. The van der Waals surface area contributed by atoms with Gasteiger partial charge in [-0.2, -0.15) is 0 Å². The van der Waals surface area contributed by atoms with Crippen molar-refractivity contribution in [2.45, 2.75) is 6.92 Å². The van der Waals surface area contributed by atoms with Crippen LogP contribution in [0.2, 0.25) is 5.02 Å². The lowest BCUT2D eigenvalue weighted by Gasteiger charge is -1.97. The van der Waals surface area contributed by atoms with Gasteiger partial charge in [0.05, 0.1) is 5.69 Å². The maximum Gasteiger partial charge on any atom is 0.417 e. The molecule has 0 radical (unpaired) electrons. The van der Waals surface area contributed by atoms with Crippen LogP contribution in [-0.4, -0.2) is 4.98 Å². The van der Waals surface area contributed by atoms with E-state index in [9.17, 15) is 4.79 Å². The Hall–Kier alpha value is -1.48. The largest absolute Gasteiger partial charge is 0.417 e. The average Bonchev–Trinajstić information content (AvgIpc) is 2.45. The number of aromatic nitrogens is 1. The minimum Gasteiger partial charge on any atom is -0.408 e. The number of rotatable bonds is 1. The summed E-state index contributed by atoms with van der Waals surface area (Å²) in [5.41, 5.74) is 1.51. The van der Waals surface area contributed by atoms with Crippen LogP contribution in [0, 0.1) is 6.92 Å². The second kappa shape index (κ2) is 3.35. The molecule has 1 aromatic carbocycles. The molecule has 0 amide bonds.